The highest BCUT2D eigenvalue weighted by Gasteiger charge is 2.33. The molecule has 9 nitrogen and oxygen atoms in total. The van der Waals surface area contributed by atoms with Crippen LogP contribution in [0.2, 0.25) is 0 Å². The largest absolute Gasteiger partial charge is 0.497 e. The van der Waals surface area contributed by atoms with E-state index in [0.717, 1.165) is 10.9 Å². The number of rotatable bonds is 5. The Morgan fingerprint density at radius 3 is 2.33 bits per heavy atom. The number of aryl methyl sites for hydroxylation is 1. The van der Waals surface area contributed by atoms with Crippen LogP contribution in [0.1, 0.15) is 0 Å². The van der Waals surface area contributed by atoms with Gasteiger partial charge in [0, 0.05) is 7.05 Å². The van der Waals surface area contributed by atoms with Crippen molar-refractivity contribution in [1.82, 2.24) is 9.55 Å². The van der Waals surface area contributed by atoms with Crippen LogP contribution in [-0.4, -0.2) is 30.0 Å². The monoisotopic (exact) mass is 313 g/mol. The molecule has 21 heavy (non-hydrogen) atoms. The summed E-state index contributed by atoms with van der Waals surface area (Å²) < 4.78 is 35.1. The maximum absolute atomic E-state index is 12.1. The minimum Gasteiger partial charge on any atom is -0.497 e. The average molecular weight is 313 g/mol. The average Bonchev–Trinajstić information content (AvgIpc) is 2.82. The molecule has 2 rings (SSSR count). The third-order valence-corrected chi connectivity index (χ3v) is 3.90. The maximum Gasteiger partial charge on any atom is 0.404 e. The SMILES string of the molecule is COc1ccc(OS(=O)(=O)c2c([N+](=O)[O-])ncn2C)cc1. The first-order valence-corrected chi connectivity index (χ1v) is 7.00. The zero-order valence-corrected chi connectivity index (χ0v) is 11.9. The first-order chi connectivity index (χ1) is 9.85. The van der Waals surface area contributed by atoms with E-state index in [-0.39, 0.29) is 5.75 Å². The number of imidazole rings is 1. The van der Waals surface area contributed by atoms with Crippen LogP contribution < -0.4 is 8.92 Å². The van der Waals surface area contributed by atoms with E-state index >= 15 is 0 Å². The third-order valence-electron chi connectivity index (χ3n) is 2.54. The standard InChI is InChI=1S/C11H11N3O6S/c1-13-7-12-10(14(15)16)11(13)21(17,18)20-9-5-3-8(19-2)4-6-9/h3-7H,1-2H3. The van der Waals surface area contributed by atoms with Crippen molar-refractivity contribution in [2.45, 2.75) is 5.03 Å². The summed E-state index contributed by atoms with van der Waals surface area (Å²) in [4.78, 5) is 13.4. The minimum atomic E-state index is -4.38. The van der Waals surface area contributed by atoms with E-state index in [2.05, 4.69) is 4.98 Å². The van der Waals surface area contributed by atoms with E-state index in [4.69, 9.17) is 8.92 Å². The lowest BCUT2D eigenvalue weighted by Crippen LogP contribution is -2.15. The molecule has 0 unspecified atom stereocenters. The fraction of sp³-hybridized carbons (Fsp3) is 0.182. The van der Waals surface area contributed by atoms with Gasteiger partial charge in [-0.25, -0.2) is 0 Å². The second-order valence-electron chi connectivity index (χ2n) is 3.95. The van der Waals surface area contributed by atoms with E-state index in [9.17, 15) is 18.5 Å². The molecule has 0 radical (unpaired) electrons. The molecular weight excluding hydrogens is 302 g/mol. The predicted octanol–water partition coefficient (Wildman–Crippen LogP) is 1.10. The molecule has 1 aromatic carbocycles. The molecule has 10 heteroatoms. The Labute approximate surface area is 120 Å². The minimum absolute atomic E-state index is 0.00583. The van der Waals surface area contributed by atoms with Crippen molar-refractivity contribution < 1.29 is 22.3 Å². The highest BCUT2D eigenvalue weighted by atomic mass is 32.2. The lowest BCUT2D eigenvalue weighted by atomic mass is 10.3. The van der Waals surface area contributed by atoms with Gasteiger partial charge < -0.3 is 19.0 Å². The zero-order chi connectivity index (χ0) is 15.6. The van der Waals surface area contributed by atoms with Crippen molar-refractivity contribution in [3.05, 3.63) is 40.7 Å². The van der Waals surface area contributed by atoms with Crippen molar-refractivity contribution >= 4 is 15.9 Å². The molecule has 112 valence electrons. The van der Waals surface area contributed by atoms with Gasteiger partial charge in [0.2, 0.25) is 6.33 Å². The van der Waals surface area contributed by atoms with Crippen LogP contribution in [0.3, 0.4) is 0 Å². The maximum atomic E-state index is 12.1. The molecule has 1 heterocycles. The van der Waals surface area contributed by atoms with Gasteiger partial charge in [0.05, 0.1) is 7.11 Å². The van der Waals surface area contributed by atoms with Gasteiger partial charge >= 0.3 is 15.9 Å². The van der Waals surface area contributed by atoms with Gasteiger partial charge in [-0.3, -0.25) is 4.57 Å². The number of nitrogens with zero attached hydrogens (tertiary/aromatic N) is 3. The molecule has 0 amide bonds. The summed E-state index contributed by atoms with van der Waals surface area (Å²) in [5, 5.41) is 10.2. The Morgan fingerprint density at radius 1 is 1.24 bits per heavy atom. The van der Waals surface area contributed by atoms with E-state index in [1.807, 2.05) is 0 Å². The van der Waals surface area contributed by atoms with Gasteiger partial charge in [-0.1, -0.05) is 0 Å². The van der Waals surface area contributed by atoms with Crippen molar-refractivity contribution in [1.29, 1.82) is 0 Å². The predicted molar refractivity (Wildman–Crippen MR) is 70.7 cm³/mol. The number of hydrogen-bond donors (Lipinski definition) is 0. The molecular formula is C11H11N3O6S. The Bertz CT molecular complexity index is 766. The Kier molecular flexibility index (Phi) is 3.80. The Morgan fingerprint density at radius 2 is 1.81 bits per heavy atom. The van der Waals surface area contributed by atoms with Crippen LogP contribution in [0.5, 0.6) is 11.5 Å². The molecule has 0 N–H and O–H groups in total. The number of methoxy groups -OCH3 is 1. The lowest BCUT2D eigenvalue weighted by molar-refractivity contribution is -0.392. The van der Waals surface area contributed by atoms with Crippen LogP contribution in [0.15, 0.2) is 35.6 Å². The molecule has 0 aliphatic heterocycles. The number of ether oxygens (including phenoxy) is 1. The molecule has 0 fully saturated rings. The molecule has 2 aromatic rings. The van der Waals surface area contributed by atoms with E-state index in [1.54, 1.807) is 0 Å². The van der Waals surface area contributed by atoms with Gasteiger partial charge in [0.15, 0.2) is 0 Å². The van der Waals surface area contributed by atoms with Gasteiger partial charge in [-0.05, 0) is 34.2 Å². The first kappa shape index (κ1) is 14.8. The fourth-order valence-corrected chi connectivity index (χ4v) is 2.81. The smallest absolute Gasteiger partial charge is 0.404 e. The summed E-state index contributed by atoms with van der Waals surface area (Å²) >= 11 is 0. The summed E-state index contributed by atoms with van der Waals surface area (Å²) in [5.74, 6) is -0.261. The molecule has 0 spiro atoms. The Hall–Kier alpha value is -2.62. The second-order valence-corrected chi connectivity index (χ2v) is 5.42. The molecule has 0 aliphatic carbocycles. The van der Waals surface area contributed by atoms with Crippen LogP contribution in [0.4, 0.5) is 5.82 Å². The molecule has 0 aliphatic rings. The van der Waals surface area contributed by atoms with Crippen molar-refractivity contribution in [3.63, 3.8) is 0 Å². The molecule has 1 aromatic heterocycles. The normalized spacial score (nSPS) is 11.1. The van der Waals surface area contributed by atoms with Crippen LogP contribution >= 0.6 is 0 Å². The molecule has 0 saturated heterocycles. The van der Waals surface area contributed by atoms with Crippen molar-refractivity contribution in [3.8, 4) is 11.5 Å². The van der Waals surface area contributed by atoms with Crippen LogP contribution in [-0.2, 0) is 17.2 Å². The zero-order valence-electron chi connectivity index (χ0n) is 11.1. The number of aromatic nitrogens is 2. The number of nitro groups is 1. The molecule has 0 bridgehead atoms. The lowest BCUT2D eigenvalue weighted by Gasteiger charge is -2.07. The topological polar surface area (TPSA) is 114 Å². The van der Waals surface area contributed by atoms with Gasteiger partial charge in [-0.15, -0.1) is 0 Å². The van der Waals surface area contributed by atoms with E-state index < -0.39 is 25.9 Å². The van der Waals surface area contributed by atoms with Gasteiger partial charge in [0.1, 0.15) is 11.5 Å². The van der Waals surface area contributed by atoms with Crippen LogP contribution in [0.25, 0.3) is 0 Å². The molecule has 0 saturated carbocycles. The summed E-state index contributed by atoms with van der Waals surface area (Å²) in [6, 6.07) is 5.75. The third kappa shape index (κ3) is 2.94. The highest BCUT2D eigenvalue weighted by molar-refractivity contribution is 7.87. The Balaban J connectivity index is 2.38. The number of hydrogen-bond acceptors (Lipinski definition) is 7. The fourth-order valence-electron chi connectivity index (χ4n) is 1.62. The van der Waals surface area contributed by atoms with E-state index in [1.165, 1.54) is 38.4 Å². The summed E-state index contributed by atoms with van der Waals surface area (Å²) in [6.45, 7) is 0. The van der Waals surface area contributed by atoms with Crippen LogP contribution in [0, 0.1) is 10.1 Å². The van der Waals surface area contributed by atoms with Gasteiger partial charge in [0.25, 0.3) is 5.03 Å². The van der Waals surface area contributed by atoms with Crippen molar-refractivity contribution in [2.24, 2.45) is 7.05 Å². The van der Waals surface area contributed by atoms with Crippen molar-refractivity contribution in [2.75, 3.05) is 7.11 Å². The summed E-state index contributed by atoms with van der Waals surface area (Å²) in [6.07, 6.45) is 1.03. The second kappa shape index (κ2) is 5.40. The first-order valence-electron chi connectivity index (χ1n) is 5.59. The summed E-state index contributed by atoms with van der Waals surface area (Å²) in [5.41, 5.74) is 0. The highest BCUT2D eigenvalue weighted by Crippen LogP contribution is 2.26. The molecule has 0 atom stereocenters. The van der Waals surface area contributed by atoms with Gasteiger partial charge in [-0.2, -0.15) is 8.42 Å². The quantitative estimate of drug-likeness (QED) is 0.461. The summed E-state index contributed by atoms with van der Waals surface area (Å²) in [7, 11) is -1.59. The number of benzene rings is 1. The van der Waals surface area contributed by atoms with E-state index in [0.29, 0.717) is 5.75 Å².